The van der Waals surface area contributed by atoms with Gasteiger partial charge in [0.15, 0.2) is 0 Å². The second kappa shape index (κ2) is 7.81. The maximum absolute atomic E-state index is 10.2. The van der Waals surface area contributed by atoms with Crippen LogP contribution in [0.2, 0.25) is 0 Å². The number of phenols is 1. The molecule has 2 aromatic rings. The van der Waals surface area contributed by atoms with Gasteiger partial charge in [-0.05, 0) is 43.5 Å². The first kappa shape index (κ1) is 16.3. The maximum Gasteiger partial charge on any atom is 0.120 e. The van der Waals surface area contributed by atoms with Gasteiger partial charge < -0.3 is 10.4 Å². The molecule has 0 spiro atoms. The van der Waals surface area contributed by atoms with Crippen molar-refractivity contribution in [3.63, 3.8) is 0 Å². The van der Waals surface area contributed by atoms with Crippen LogP contribution in [-0.2, 0) is 6.54 Å². The highest BCUT2D eigenvalue weighted by atomic mass is 16.3. The van der Waals surface area contributed by atoms with Gasteiger partial charge >= 0.3 is 0 Å². The van der Waals surface area contributed by atoms with Gasteiger partial charge in [0, 0.05) is 18.2 Å². The number of phenolic OH excluding ortho intramolecular Hbond substituents is 1. The Morgan fingerprint density at radius 2 is 2.05 bits per heavy atom. The minimum Gasteiger partial charge on any atom is -0.508 e. The summed E-state index contributed by atoms with van der Waals surface area (Å²) < 4.78 is 0. The van der Waals surface area contributed by atoms with Crippen molar-refractivity contribution in [3.05, 3.63) is 66.3 Å². The van der Waals surface area contributed by atoms with Gasteiger partial charge in [0.1, 0.15) is 5.75 Å². The largest absolute Gasteiger partial charge is 0.508 e. The first-order valence-electron chi connectivity index (χ1n) is 7.86. The van der Waals surface area contributed by atoms with Crippen LogP contribution >= 0.6 is 0 Å². The molecule has 0 fully saturated rings. The van der Waals surface area contributed by atoms with Crippen LogP contribution in [0, 0.1) is 0 Å². The predicted molar refractivity (Wildman–Crippen MR) is 95.1 cm³/mol. The second-order valence-corrected chi connectivity index (χ2v) is 5.58. The van der Waals surface area contributed by atoms with E-state index in [0.29, 0.717) is 12.3 Å². The summed E-state index contributed by atoms with van der Waals surface area (Å²) in [5, 5.41) is 16.0. The fourth-order valence-electron chi connectivity index (χ4n) is 2.78. The molecule has 0 aliphatic carbocycles. The van der Waals surface area contributed by atoms with Crippen molar-refractivity contribution in [1.82, 2.24) is 5.32 Å². The lowest BCUT2D eigenvalue weighted by Gasteiger charge is -2.18. The van der Waals surface area contributed by atoms with E-state index in [-0.39, 0.29) is 6.04 Å². The molecule has 0 aliphatic rings. The van der Waals surface area contributed by atoms with E-state index in [1.165, 1.54) is 5.57 Å². The molecule has 2 rings (SSSR count). The fraction of sp³-hybridized carbons (Fsp3) is 0.300. The molecule has 0 radical (unpaired) electrons. The van der Waals surface area contributed by atoms with E-state index in [4.69, 9.17) is 0 Å². The molecule has 0 bridgehead atoms. The Bertz CT molecular complexity index is 672. The Kier molecular flexibility index (Phi) is 5.79. The Morgan fingerprint density at radius 1 is 1.27 bits per heavy atom. The molecule has 2 nitrogen and oxygen atoms in total. The van der Waals surface area contributed by atoms with Crippen molar-refractivity contribution in [2.45, 2.75) is 39.3 Å². The van der Waals surface area contributed by atoms with Crippen molar-refractivity contribution in [2.75, 3.05) is 0 Å². The monoisotopic (exact) mass is 295 g/mol. The number of aromatic hydroxyl groups is 1. The van der Waals surface area contributed by atoms with Gasteiger partial charge in [-0.15, -0.1) is 6.58 Å². The van der Waals surface area contributed by atoms with Crippen molar-refractivity contribution in [2.24, 2.45) is 0 Å². The van der Waals surface area contributed by atoms with Crippen molar-refractivity contribution in [3.8, 4) is 5.75 Å². The highest BCUT2D eigenvalue weighted by Crippen LogP contribution is 2.27. The average molecular weight is 295 g/mol. The van der Waals surface area contributed by atoms with Gasteiger partial charge in [-0.1, -0.05) is 48.1 Å². The highest BCUT2D eigenvalue weighted by molar-refractivity contribution is 5.87. The molecule has 0 heterocycles. The lowest BCUT2D eigenvalue weighted by molar-refractivity contribution is 0.463. The molecular formula is C20H25NO. The molecule has 0 saturated carbocycles. The van der Waals surface area contributed by atoms with Crippen molar-refractivity contribution >= 4 is 10.8 Å². The zero-order valence-electron chi connectivity index (χ0n) is 13.5. The van der Waals surface area contributed by atoms with Crippen molar-refractivity contribution < 1.29 is 5.11 Å². The molecule has 0 amide bonds. The first-order valence-corrected chi connectivity index (χ1v) is 7.86. The summed E-state index contributed by atoms with van der Waals surface area (Å²) in [5.74, 6) is 0.353. The predicted octanol–water partition coefficient (Wildman–Crippen LogP) is 4.94. The van der Waals surface area contributed by atoms with E-state index in [0.717, 1.165) is 29.2 Å². The standard InChI is InChI=1S/C20H25NO/c1-4-6-9-16(5-2)15(3)21-14-19-18-11-8-7-10-17(18)12-13-20(19)22/h4-5,7-8,10-13,15,21-22H,1,6,9,14H2,2-3H3/b16-5+/t15-/m0/s1. The summed E-state index contributed by atoms with van der Waals surface area (Å²) in [5.41, 5.74) is 2.34. The van der Waals surface area contributed by atoms with Gasteiger partial charge in [0.05, 0.1) is 0 Å². The lowest BCUT2D eigenvalue weighted by atomic mass is 10.0. The molecule has 2 aromatic carbocycles. The van der Waals surface area contributed by atoms with Crippen LogP contribution in [-0.4, -0.2) is 11.1 Å². The molecule has 0 aliphatic heterocycles. The normalized spacial score (nSPS) is 13.3. The van der Waals surface area contributed by atoms with Crippen LogP contribution in [0.5, 0.6) is 5.75 Å². The number of allylic oxidation sites excluding steroid dienone is 2. The molecule has 2 heteroatoms. The first-order chi connectivity index (χ1) is 10.7. The van der Waals surface area contributed by atoms with Gasteiger partial charge in [-0.25, -0.2) is 0 Å². The summed E-state index contributed by atoms with van der Waals surface area (Å²) in [4.78, 5) is 0. The number of fused-ring (bicyclic) bond motifs is 1. The van der Waals surface area contributed by atoms with E-state index < -0.39 is 0 Å². The van der Waals surface area contributed by atoms with Gasteiger partial charge in [0.25, 0.3) is 0 Å². The Morgan fingerprint density at radius 3 is 2.77 bits per heavy atom. The van der Waals surface area contributed by atoms with Crippen molar-refractivity contribution in [1.29, 1.82) is 0 Å². The molecule has 2 N–H and O–H groups in total. The van der Waals surface area contributed by atoms with Crippen LogP contribution in [0.1, 0.15) is 32.3 Å². The summed E-state index contributed by atoms with van der Waals surface area (Å²) in [6, 6.07) is 12.2. The summed E-state index contributed by atoms with van der Waals surface area (Å²) in [7, 11) is 0. The molecule has 0 unspecified atom stereocenters. The molecule has 0 aromatic heterocycles. The third kappa shape index (κ3) is 3.77. The van der Waals surface area contributed by atoms with E-state index in [1.807, 2.05) is 24.3 Å². The third-order valence-corrected chi connectivity index (χ3v) is 4.16. The van der Waals surface area contributed by atoms with Gasteiger partial charge in [-0.3, -0.25) is 0 Å². The summed E-state index contributed by atoms with van der Waals surface area (Å²) >= 11 is 0. The lowest BCUT2D eigenvalue weighted by Crippen LogP contribution is -2.27. The smallest absolute Gasteiger partial charge is 0.120 e. The van der Waals surface area contributed by atoms with Gasteiger partial charge in [-0.2, -0.15) is 0 Å². The number of rotatable bonds is 7. The Hall–Kier alpha value is -2.06. The molecule has 116 valence electrons. The SMILES string of the molecule is C=CCC/C(=C\C)[C@H](C)NCc1c(O)ccc2ccccc12. The number of benzene rings is 2. The zero-order valence-corrected chi connectivity index (χ0v) is 13.5. The van der Waals surface area contributed by atoms with E-state index in [1.54, 1.807) is 6.07 Å². The van der Waals surface area contributed by atoms with Crippen LogP contribution in [0.3, 0.4) is 0 Å². The van der Waals surface area contributed by atoms with Gasteiger partial charge in [0.2, 0.25) is 0 Å². The molecule has 1 atom stereocenters. The molecule has 0 saturated heterocycles. The number of hydrogen-bond donors (Lipinski definition) is 2. The van der Waals surface area contributed by atoms with E-state index >= 15 is 0 Å². The maximum atomic E-state index is 10.2. The second-order valence-electron chi connectivity index (χ2n) is 5.58. The van der Waals surface area contributed by atoms with Crippen LogP contribution in [0.4, 0.5) is 0 Å². The number of nitrogens with one attached hydrogen (secondary N) is 1. The molecular weight excluding hydrogens is 270 g/mol. The third-order valence-electron chi connectivity index (χ3n) is 4.16. The zero-order chi connectivity index (χ0) is 15.9. The Balaban J connectivity index is 2.14. The summed E-state index contributed by atoms with van der Waals surface area (Å²) in [6.45, 7) is 8.68. The minimum absolute atomic E-state index is 0.281. The van der Waals surface area contributed by atoms with Crippen LogP contribution in [0.25, 0.3) is 10.8 Å². The minimum atomic E-state index is 0.281. The Labute approximate surface area is 133 Å². The van der Waals surface area contributed by atoms with E-state index in [9.17, 15) is 5.11 Å². The average Bonchev–Trinajstić information content (AvgIpc) is 2.54. The molecule has 22 heavy (non-hydrogen) atoms. The van der Waals surface area contributed by atoms with Crippen LogP contribution < -0.4 is 5.32 Å². The summed E-state index contributed by atoms with van der Waals surface area (Å²) in [6.07, 6.45) is 6.14. The highest BCUT2D eigenvalue weighted by Gasteiger charge is 2.10. The number of hydrogen-bond acceptors (Lipinski definition) is 2. The van der Waals surface area contributed by atoms with E-state index in [2.05, 4.69) is 44.0 Å². The van der Waals surface area contributed by atoms with Crippen LogP contribution in [0.15, 0.2) is 60.7 Å². The fourth-order valence-corrected chi connectivity index (χ4v) is 2.78. The quantitative estimate of drug-likeness (QED) is 0.709. The topological polar surface area (TPSA) is 32.3 Å².